The highest BCUT2D eigenvalue weighted by molar-refractivity contribution is 7.07. The van der Waals surface area contributed by atoms with E-state index in [9.17, 15) is 9.59 Å². The Morgan fingerprint density at radius 3 is 2.66 bits per heavy atom. The fourth-order valence-corrected chi connectivity index (χ4v) is 4.94. The molecule has 1 aliphatic rings. The Kier molecular flexibility index (Phi) is 7.31. The van der Waals surface area contributed by atoms with Gasteiger partial charge in [0.1, 0.15) is 18.1 Å². The second-order valence-corrected chi connectivity index (χ2v) is 8.76. The van der Waals surface area contributed by atoms with E-state index >= 15 is 0 Å². The van der Waals surface area contributed by atoms with Crippen LogP contribution in [-0.4, -0.2) is 30.9 Å². The largest absolute Gasteiger partial charge is 0.497 e. The van der Waals surface area contributed by atoms with Gasteiger partial charge in [-0.25, -0.2) is 9.79 Å². The van der Waals surface area contributed by atoms with Crippen LogP contribution < -0.4 is 24.4 Å². The van der Waals surface area contributed by atoms with Crippen molar-refractivity contribution in [3.05, 3.63) is 103 Å². The van der Waals surface area contributed by atoms with Gasteiger partial charge in [0, 0.05) is 0 Å². The van der Waals surface area contributed by atoms with Crippen molar-refractivity contribution in [3.63, 3.8) is 0 Å². The molecule has 2 heterocycles. The van der Waals surface area contributed by atoms with Gasteiger partial charge in [0.25, 0.3) is 5.56 Å². The standard InChI is InChI=1S/C27H26N2O5S/c1-5-14-34-20-12-10-19(11-13-20)24-23(26(31)33-6-2)17(3)28-27-29(24)25(30)22(35-27)16-18-8-7-9-21(15-18)32-4/h5,7-13,15-16,24H,1,6,14H2,2-4H3/b22-16-/t24-/m1/s1. The Morgan fingerprint density at radius 2 is 1.97 bits per heavy atom. The van der Waals surface area contributed by atoms with Crippen molar-refractivity contribution in [2.45, 2.75) is 19.9 Å². The minimum Gasteiger partial charge on any atom is -0.497 e. The average molecular weight is 491 g/mol. The smallest absolute Gasteiger partial charge is 0.338 e. The number of esters is 1. The first-order valence-corrected chi connectivity index (χ1v) is 12.0. The van der Waals surface area contributed by atoms with E-state index in [1.807, 2.05) is 48.5 Å². The van der Waals surface area contributed by atoms with E-state index in [4.69, 9.17) is 14.2 Å². The molecule has 1 atom stereocenters. The fraction of sp³-hybridized carbons (Fsp3) is 0.222. The Morgan fingerprint density at radius 1 is 1.20 bits per heavy atom. The SMILES string of the molecule is C=CCOc1ccc([C@@H]2C(C(=O)OCC)=C(C)N=c3s/c(=C\c4cccc(OC)c4)c(=O)n32)cc1. The molecule has 0 saturated heterocycles. The number of carbonyl (C=O) groups is 1. The maximum atomic E-state index is 13.6. The summed E-state index contributed by atoms with van der Waals surface area (Å²) in [6, 6.07) is 14.1. The third kappa shape index (κ3) is 4.97. The van der Waals surface area contributed by atoms with Crippen LogP contribution in [0.3, 0.4) is 0 Å². The van der Waals surface area contributed by atoms with Crippen LogP contribution in [0.2, 0.25) is 0 Å². The highest BCUT2D eigenvalue weighted by atomic mass is 32.1. The summed E-state index contributed by atoms with van der Waals surface area (Å²) in [5.74, 6) is 0.869. The molecule has 8 heteroatoms. The van der Waals surface area contributed by atoms with Gasteiger partial charge >= 0.3 is 5.97 Å². The monoisotopic (exact) mass is 490 g/mol. The molecular weight excluding hydrogens is 464 g/mol. The quantitative estimate of drug-likeness (QED) is 0.357. The number of rotatable bonds is 8. The minimum atomic E-state index is -0.675. The highest BCUT2D eigenvalue weighted by Crippen LogP contribution is 2.31. The zero-order valence-corrected chi connectivity index (χ0v) is 20.6. The summed E-state index contributed by atoms with van der Waals surface area (Å²) < 4.78 is 18.3. The Balaban J connectivity index is 1.88. The van der Waals surface area contributed by atoms with E-state index in [0.29, 0.717) is 38.7 Å². The molecule has 0 aliphatic carbocycles. The zero-order valence-electron chi connectivity index (χ0n) is 19.8. The number of nitrogens with zero attached hydrogens (tertiary/aromatic N) is 2. The number of ether oxygens (including phenoxy) is 3. The van der Waals surface area contributed by atoms with Crippen LogP contribution in [0.25, 0.3) is 6.08 Å². The molecule has 0 N–H and O–H groups in total. The summed E-state index contributed by atoms with van der Waals surface area (Å²) in [5.41, 5.74) is 2.21. The summed E-state index contributed by atoms with van der Waals surface area (Å²) in [6.07, 6.45) is 3.47. The van der Waals surface area contributed by atoms with Crippen LogP contribution in [0.5, 0.6) is 11.5 Å². The molecule has 1 aromatic heterocycles. The predicted octanol–water partition coefficient (Wildman–Crippen LogP) is 3.37. The number of hydrogen-bond donors (Lipinski definition) is 0. The van der Waals surface area contributed by atoms with Crippen molar-refractivity contribution in [3.8, 4) is 11.5 Å². The number of fused-ring (bicyclic) bond motifs is 1. The van der Waals surface area contributed by atoms with Gasteiger partial charge in [-0.15, -0.1) is 0 Å². The number of aromatic nitrogens is 1. The molecule has 180 valence electrons. The van der Waals surface area contributed by atoms with Crippen molar-refractivity contribution in [1.29, 1.82) is 0 Å². The van der Waals surface area contributed by atoms with Gasteiger partial charge in [0.2, 0.25) is 0 Å². The lowest BCUT2D eigenvalue weighted by Crippen LogP contribution is -2.39. The second kappa shape index (κ2) is 10.6. The molecule has 0 unspecified atom stereocenters. The molecule has 0 fully saturated rings. The van der Waals surface area contributed by atoms with Crippen molar-refractivity contribution in [2.24, 2.45) is 4.99 Å². The van der Waals surface area contributed by atoms with Crippen LogP contribution in [0.15, 0.2) is 82.2 Å². The molecule has 1 aliphatic heterocycles. The van der Waals surface area contributed by atoms with E-state index in [1.54, 1.807) is 37.7 Å². The van der Waals surface area contributed by atoms with Crippen LogP contribution in [-0.2, 0) is 9.53 Å². The Hall–Kier alpha value is -3.91. The van der Waals surface area contributed by atoms with Crippen LogP contribution in [0, 0.1) is 0 Å². The third-order valence-corrected chi connectivity index (χ3v) is 6.46. The maximum absolute atomic E-state index is 13.6. The molecule has 35 heavy (non-hydrogen) atoms. The van der Waals surface area contributed by atoms with Gasteiger partial charge in [-0.2, -0.15) is 0 Å². The number of thiazole rings is 1. The van der Waals surface area contributed by atoms with Crippen LogP contribution in [0.4, 0.5) is 0 Å². The van der Waals surface area contributed by atoms with Gasteiger partial charge in [0.15, 0.2) is 4.80 Å². The van der Waals surface area contributed by atoms with Crippen molar-refractivity contribution < 1.29 is 19.0 Å². The number of allylic oxidation sites excluding steroid dienone is 1. The lowest BCUT2D eigenvalue weighted by Gasteiger charge is -2.24. The molecule has 0 bridgehead atoms. The minimum absolute atomic E-state index is 0.219. The van der Waals surface area contributed by atoms with E-state index in [-0.39, 0.29) is 12.2 Å². The van der Waals surface area contributed by atoms with Gasteiger partial charge < -0.3 is 14.2 Å². The number of benzene rings is 2. The average Bonchev–Trinajstić information content (AvgIpc) is 3.16. The van der Waals surface area contributed by atoms with Crippen molar-refractivity contribution in [1.82, 2.24) is 4.57 Å². The molecule has 4 rings (SSSR count). The lowest BCUT2D eigenvalue weighted by molar-refractivity contribution is -0.139. The second-order valence-electron chi connectivity index (χ2n) is 7.75. The molecular formula is C27H26N2O5S. The predicted molar refractivity (Wildman–Crippen MR) is 136 cm³/mol. The van der Waals surface area contributed by atoms with Crippen molar-refractivity contribution in [2.75, 3.05) is 20.3 Å². The number of hydrogen-bond acceptors (Lipinski definition) is 7. The Bertz CT molecular complexity index is 1460. The first-order chi connectivity index (χ1) is 17.0. The molecule has 0 saturated carbocycles. The summed E-state index contributed by atoms with van der Waals surface area (Å²) in [5, 5.41) is 0. The molecule has 7 nitrogen and oxygen atoms in total. The van der Waals surface area contributed by atoms with Crippen LogP contribution in [0.1, 0.15) is 31.0 Å². The van der Waals surface area contributed by atoms with Gasteiger partial charge in [-0.05, 0) is 55.3 Å². The molecule has 3 aromatic rings. The Labute approximate surface area is 206 Å². The number of methoxy groups -OCH3 is 1. The van der Waals surface area contributed by atoms with Gasteiger partial charge in [-0.3, -0.25) is 9.36 Å². The third-order valence-electron chi connectivity index (χ3n) is 5.47. The lowest BCUT2D eigenvalue weighted by atomic mass is 9.96. The first kappa shape index (κ1) is 24.2. The van der Waals surface area contributed by atoms with E-state index < -0.39 is 12.0 Å². The molecule has 0 amide bonds. The maximum Gasteiger partial charge on any atom is 0.338 e. The normalized spacial score (nSPS) is 15.3. The summed E-state index contributed by atoms with van der Waals surface area (Å²) >= 11 is 1.28. The van der Waals surface area contributed by atoms with Gasteiger partial charge in [0.05, 0.1) is 35.6 Å². The highest BCUT2D eigenvalue weighted by Gasteiger charge is 2.33. The zero-order chi connectivity index (χ0) is 24.9. The first-order valence-electron chi connectivity index (χ1n) is 11.1. The molecule has 0 radical (unpaired) electrons. The topological polar surface area (TPSA) is 79.1 Å². The summed E-state index contributed by atoms with van der Waals surface area (Å²) in [6.45, 7) is 7.77. The molecule has 2 aromatic carbocycles. The van der Waals surface area contributed by atoms with E-state index in [2.05, 4.69) is 11.6 Å². The van der Waals surface area contributed by atoms with Crippen LogP contribution >= 0.6 is 11.3 Å². The molecule has 0 spiro atoms. The van der Waals surface area contributed by atoms with Crippen molar-refractivity contribution >= 4 is 23.4 Å². The fourth-order valence-electron chi connectivity index (χ4n) is 3.89. The number of carbonyl (C=O) groups excluding carboxylic acids is 1. The summed E-state index contributed by atoms with van der Waals surface area (Å²) in [4.78, 5) is 31.7. The summed E-state index contributed by atoms with van der Waals surface area (Å²) in [7, 11) is 1.60. The van der Waals surface area contributed by atoms with E-state index in [0.717, 1.165) is 11.1 Å². The van der Waals surface area contributed by atoms with E-state index in [1.165, 1.54) is 11.3 Å². The van der Waals surface area contributed by atoms with Gasteiger partial charge in [-0.1, -0.05) is 48.3 Å².